The number of rotatable bonds is 7. The number of nitrogens with one attached hydrogen (secondary N) is 1. The van der Waals surface area contributed by atoms with Crippen LogP contribution in [0.4, 0.5) is 4.39 Å². The molecule has 0 aliphatic rings. The monoisotopic (exact) mass is 398 g/mol. The van der Waals surface area contributed by atoms with Crippen molar-refractivity contribution in [3.8, 4) is 5.75 Å². The number of carbonyl (C=O) groups is 1. The number of para-hydroxylation sites is 1. The molecule has 0 aliphatic carbocycles. The van der Waals surface area contributed by atoms with Gasteiger partial charge in [-0.25, -0.2) is 9.37 Å². The summed E-state index contributed by atoms with van der Waals surface area (Å²) in [7, 11) is 4.84. The molecule has 2 aromatic carbocycles. The average molecular weight is 398 g/mol. The number of benzene rings is 2. The second-order valence-corrected chi connectivity index (χ2v) is 6.92. The first kappa shape index (κ1) is 20.5. The molecule has 0 bridgehead atoms. The number of likely N-dealkylation sites (N-methyl/N-ethyl adjacent to an activating group) is 2. The smallest absolute Gasteiger partial charge is 0.258 e. The summed E-state index contributed by atoms with van der Waals surface area (Å²) < 4.78 is 18.7. The van der Waals surface area contributed by atoms with Crippen LogP contribution in [0.5, 0.6) is 5.75 Å². The van der Waals surface area contributed by atoms with Gasteiger partial charge in [-0.3, -0.25) is 14.5 Å². The third-order valence-electron chi connectivity index (χ3n) is 4.55. The Bertz CT molecular complexity index is 1080. The van der Waals surface area contributed by atoms with Crippen molar-refractivity contribution >= 4 is 16.8 Å². The molecule has 0 spiro atoms. The van der Waals surface area contributed by atoms with E-state index in [0.29, 0.717) is 28.8 Å². The van der Waals surface area contributed by atoms with Crippen LogP contribution in [0.2, 0.25) is 0 Å². The fraction of sp³-hybridized carbons (Fsp3) is 0.286. The molecule has 1 aromatic heterocycles. The Kier molecular flexibility index (Phi) is 6.23. The number of halogens is 1. The van der Waals surface area contributed by atoms with Crippen LogP contribution in [0.25, 0.3) is 10.9 Å². The van der Waals surface area contributed by atoms with Gasteiger partial charge in [-0.1, -0.05) is 18.2 Å². The van der Waals surface area contributed by atoms with E-state index in [9.17, 15) is 14.0 Å². The van der Waals surface area contributed by atoms with Gasteiger partial charge >= 0.3 is 0 Å². The molecule has 3 rings (SSSR count). The molecule has 1 amide bonds. The number of nitrogens with zero attached hydrogens (tertiary/aromatic N) is 3. The van der Waals surface area contributed by atoms with Gasteiger partial charge in [0.15, 0.2) is 11.6 Å². The van der Waals surface area contributed by atoms with Crippen molar-refractivity contribution < 1.29 is 13.9 Å². The van der Waals surface area contributed by atoms with Crippen LogP contribution in [0.1, 0.15) is 11.4 Å². The highest BCUT2D eigenvalue weighted by Crippen LogP contribution is 2.18. The number of amides is 1. The van der Waals surface area contributed by atoms with Crippen molar-refractivity contribution in [2.75, 3.05) is 27.7 Å². The number of ether oxygens (including phenoxy) is 1. The Morgan fingerprint density at radius 1 is 1.17 bits per heavy atom. The minimum absolute atomic E-state index is 0.131. The number of hydrogen-bond donors (Lipinski definition) is 1. The molecule has 1 N–H and O–H groups in total. The molecule has 0 saturated carbocycles. The van der Waals surface area contributed by atoms with Gasteiger partial charge < -0.3 is 14.6 Å². The SMILES string of the molecule is COc1ccc(CN(C)C(=O)CN(C)Cc2nc3ccccc3c(=O)[nH]2)cc1F. The van der Waals surface area contributed by atoms with Crippen molar-refractivity contribution in [1.82, 2.24) is 19.8 Å². The van der Waals surface area contributed by atoms with E-state index in [-0.39, 0.29) is 30.3 Å². The maximum absolute atomic E-state index is 13.8. The topological polar surface area (TPSA) is 78.5 Å². The Morgan fingerprint density at radius 3 is 2.66 bits per heavy atom. The summed E-state index contributed by atoms with van der Waals surface area (Å²) in [6.45, 7) is 0.723. The molecule has 0 atom stereocenters. The first-order chi connectivity index (χ1) is 13.9. The largest absolute Gasteiger partial charge is 0.494 e. The predicted octanol–water partition coefficient (Wildman–Crippen LogP) is 2.16. The molecule has 0 unspecified atom stereocenters. The van der Waals surface area contributed by atoms with Crippen LogP contribution in [0, 0.1) is 5.82 Å². The molecule has 152 valence electrons. The van der Waals surface area contributed by atoms with Crippen molar-refractivity contribution in [3.63, 3.8) is 0 Å². The number of hydrogen-bond acceptors (Lipinski definition) is 5. The zero-order valence-corrected chi connectivity index (χ0v) is 16.6. The molecule has 7 nitrogen and oxygen atoms in total. The van der Waals surface area contributed by atoms with Gasteiger partial charge in [-0.2, -0.15) is 0 Å². The quantitative estimate of drug-likeness (QED) is 0.660. The number of aromatic amines is 1. The first-order valence-corrected chi connectivity index (χ1v) is 9.10. The lowest BCUT2D eigenvalue weighted by Crippen LogP contribution is -2.36. The fourth-order valence-electron chi connectivity index (χ4n) is 3.04. The van der Waals surface area contributed by atoms with Gasteiger partial charge in [0.05, 0.1) is 31.1 Å². The van der Waals surface area contributed by atoms with Gasteiger partial charge in [0.1, 0.15) is 5.82 Å². The zero-order chi connectivity index (χ0) is 21.0. The summed E-state index contributed by atoms with van der Waals surface area (Å²) in [4.78, 5) is 35.2. The molecule has 1 heterocycles. The van der Waals surface area contributed by atoms with Gasteiger partial charge in [0, 0.05) is 13.6 Å². The van der Waals surface area contributed by atoms with Crippen molar-refractivity contribution in [3.05, 3.63) is 70.0 Å². The van der Waals surface area contributed by atoms with Crippen molar-refractivity contribution in [2.45, 2.75) is 13.1 Å². The number of carbonyl (C=O) groups excluding carboxylic acids is 1. The van der Waals surface area contributed by atoms with Crippen molar-refractivity contribution in [1.29, 1.82) is 0 Å². The third kappa shape index (κ3) is 4.97. The number of methoxy groups -OCH3 is 1. The lowest BCUT2D eigenvalue weighted by Gasteiger charge is -2.22. The van der Waals surface area contributed by atoms with E-state index in [4.69, 9.17) is 4.74 Å². The first-order valence-electron chi connectivity index (χ1n) is 9.10. The molecule has 0 fully saturated rings. The molecule has 0 aliphatic heterocycles. The summed E-state index contributed by atoms with van der Waals surface area (Å²) in [6, 6.07) is 11.7. The molecular weight excluding hydrogens is 375 g/mol. The number of fused-ring (bicyclic) bond motifs is 1. The maximum Gasteiger partial charge on any atom is 0.258 e. The van der Waals surface area contributed by atoms with Crippen LogP contribution < -0.4 is 10.3 Å². The number of aromatic nitrogens is 2. The highest BCUT2D eigenvalue weighted by molar-refractivity contribution is 5.78. The van der Waals surface area contributed by atoms with Gasteiger partial charge in [0.25, 0.3) is 5.56 Å². The second-order valence-electron chi connectivity index (χ2n) is 6.92. The highest BCUT2D eigenvalue weighted by Gasteiger charge is 2.15. The Labute approximate surface area is 167 Å². The summed E-state index contributed by atoms with van der Waals surface area (Å²) in [5.41, 5.74) is 1.08. The maximum atomic E-state index is 13.8. The fourth-order valence-corrected chi connectivity index (χ4v) is 3.04. The van der Waals surface area contributed by atoms with E-state index < -0.39 is 5.82 Å². The van der Waals surface area contributed by atoms with E-state index in [1.54, 1.807) is 43.3 Å². The minimum atomic E-state index is -0.464. The molecular formula is C21H23FN4O3. The number of H-pyrrole nitrogens is 1. The molecule has 29 heavy (non-hydrogen) atoms. The summed E-state index contributed by atoms with van der Waals surface area (Å²) in [5, 5.41) is 0.529. The predicted molar refractivity (Wildman–Crippen MR) is 108 cm³/mol. The average Bonchev–Trinajstić information content (AvgIpc) is 2.68. The van der Waals surface area contributed by atoms with Crippen LogP contribution in [-0.4, -0.2) is 53.4 Å². The van der Waals surface area contributed by atoms with E-state index >= 15 is 0 Å². The standard InChI is InChI=1S/C21H23FN4O3/c1-25(12-19-23-17-7-5-4-6-15(17)21(28)24-19)13-20(27)26(2)11-14-8-9-18(29-3)16(22)10-14/h4-10H,11-13H2,1-3H3,(H,23,24,28). The summed E-state index contributed by atoms with van der Waals surface area (Å²) >= 11 is 0. The van der Waals surface area contributed by atoms with E-state index in [1.165, 1.54) is 24.1 Å². The minimum Gasteiger partial charge on any atom is -0.494 e. The lowest BCUT2D eigenvalue weighted by molar-refractivity contribution is -0.131. The summed E-state index contributed by atoms with van der Waals surface area (Å²) in [6.07, 6.45) is 0. The zero-order valence-electron chi connectivity index (χ0n) is 16.6. The van der Waals surface area contributed by atoms with E-state index in [2.05, 4.69) is 9.97 Å². The molecule has 0 radical (unpaired) electrons. The molecule has 0 saturated heterocycles. The third-order valence-corrected chi connectivity index (χ3v) is 4.55. The van der Waals surface area contributed by atoms with E-state index in [1.807, 2.05) is 6.07 Å². The van der Waals surface area contributed by atoms with Gasteiger partial charge in [-0.15, -0.1) is 0 Å². The van der Waals surface area contributed by atoms with Crippen LogP contribution in [0.15, 0.2) is 47.3 Å². The normalized spacial score (nSPS) is 11.1. The van der Waals surface area contributed by atoms with E-state index in [0.717, 1.165) is 0 Å². The van der Waals surface area contributed by atoms with Gasteiger partial charge in [-0.05, 0) is 36.9 Å². The Morgan fingerprint density at radius 2 is 1.93 bits per heavy atom. The Balaban J connectivity index is 1.61. The molecule has 3 aromatic rings. The van der Waals surface area contributed by atoms with Crippen LogP contribution in [0.3, 0.4) is 0 Å². The van der Waals surface area contributed by atoms with Crippen LogP contribution >= 0.6 is 0 Å². The Hall–Kier alpha value is -3.26. The summed E-state index contributed by atoms with van der Waals surface area (Å²) in [5.74, 6) is 0.0596. The van der Waals surface area contributed by atoms with Gasteiger partial charge in [0.2, 0.25) is 5.91 Å². The second kappa shape index (κ2) is 8.83. The lowest BCUT2D eigenvalue weighted by atomic mass is 10.2. The van der Waals surface area contributed by atoms with Crippen LogP contribution in [-0.2, 0) is 17.9 Å². The molecule has 8 heteroatoms. The van der Waals surface area contributed by atoms with Crippen molar-refractivity contribution in [2.24, 2.45) is 0 Å². The highest BCUT2D eigenvalue weighted by atomic mass is 19.1.